The van der Waals surface area contributed by atoms with E-state index in [-0.39, 0.29) is 6.04 Å². The van der Waals surface area contributed by atoms with Gasteiger partial charge in [0.1, 0.15) is 17.1 Å². The van der Waals surface area contributed by atoms with Crippen molar-refractivity contribution < 1.29 is 14.1 Å². The second-order valence-electron chi connectivity index (χ2n) is 5.46. The van der Waals surface area contributed by atoms with E-state index < -0.39 is 33.6 Å². The molecule has 1 unspecified atom stereocenters. The summed E-state index contributed by atoms with van der Waals surface area (Å²) in [5.41, 5.74) is 4.14. The van der Waals surface area contributed by atoms with E-state index in [0.29, 0.717) is 5.92 Å². The van der Waals surface area contributed by atoms with E-state index >= 15 is 0 Å². The zero-order chi connectivity index (χ0) is 16.2. The van der Waals surface area contributed by atoms with E-state index in [4.69, 9.17) is 5.73 Å². The maximum atomic E-state index is 13.7. The molecule has 0 fully saturated rings. The lowest BCUT2D eigenvalue weighted by molar-refractivity contribution is -0.384. The Morgan fingerprint density at radius 1 is 1.38 bits per heavy atom. The number of carbonyl (C=O) groups is 1. The van der Waals surface area contributed by atoms with Crippen molar-refractivity contribution in [1.29, 1.82) is 0 Å². The molecule has 3 N–H and O–H groups in total. The summed E-state index contributed by atoms with van der Waals surface area (Å²) >= 11 is 0. The number of hydrogen-bond donors (Lipinski definition) is 2. The van der Waals surface area contributed by atoms with E-state index in [9.17, 15) is 19.3 Å². The van der Waals surface area contributed by atoms with Crippen molar-refractivity contribution in [2.24, 2.45) is 5.92 Å². The topological polar surface area (TPSA) is 98.3 Å². The largest absolute Gasteiger partial charge is 0.392 e. The number of anilines is 1. The summed E-state index contributed by atoms with van der Waals surface area (Å²) in [6, 6.07) is 1.66. The lowest BCUT2D eigenvalue weighted by Crippen LogP contribution is -2.34. The normalized spacial score (nSPS) is 12.2. The highest BCUT2D eigenvalue weighted by Crippen LogP contribution is 2.27. The summed E-state index contributed by atoms with van der Waals surface area (Å²) in [5, 5.41) is 13.4. The number of carbonyl (C=O) groups excluding carboxylic acids is 1. The molecule has 1 aromatic carbocycles. The molecule has 1 rings (SSSR count). The van der Waals surface area contributed by atoms with Crippen molar-refractivity contribution in [3.8, 4) is 0 Å². The number of rotatable bonds is 6. The first-order valence-corrected chi connectivity index (χ1v) is 6.77. The number of nitrogens with one attached hydrogen (secondary N) is 1. The van der Waals surface area contributed by atoms with Crippen LogP contribution < -0.4 is 11.1 Å². The Morgan fingerprint density at radius 2 is 2.00 bits per heavy atom. The van der Waals surface area contributed by atoms with Gasteiger partial charge < -0.3 is 11.1 Å². The molecule has 0 saturated carbocycles. The average Bonchev–Trinajstić information content (AvgIpc) is 2.35. The quantitative estimate of drug-likeness (QED) is 0.479. The minimum atomic E-state index is -0.869. The minimum Gasteiger partial charge on any atom is -0.392 e. The number of nitrogens with two attached hydrogens (primary N) is 1. The molecule has 21 heavy (non-hydrogen) atoms. The highest BCUT2D eigenvalue weighted by atomic mass is 19.1. The van der Waals surface area contributed by atoms with Crippen LogP contribution in [0.25, 0.3) is 0 Å². The van der Waals surface area contributed by atoms with Gasteiger partial charge in [-0.2, -0.15) is 0 Å². The van der Waals surface area contributed by atoms with Crippen LogP contribution in [0.1, 0.15) is 44.0 Å². The number of hydrogen-bond acceptors (Lipinski definition) is 4. The summed E-state index contributed by atoms with van der Waals surface area (Å²) in [6.45, 7) is 5.92. The monoisotopic (exact) mass is 297 g/mol. The maximum absolute atomic E-state index is 13.7. The van der Waals surface area contributed by atoms with Crippen LogP contribution in [-0.4, -0.2) is 16.9 Å². The third kappa shape index (κ3) is 4.40. The van der Waals surface area contributed by atoms with Crippen molar-refractivity contribution in [2.45, 2.75) is 39.7 Å². The van der Waals surface area contributed by atoms with Gasteiger partial charge in [0.25, 0.3) is 11.6 Å². The number of nitro benzene ring substituents is 1. The second kappa shape index (κ2) is 7.01. The van der Waals surface area contributed by atoms with Crippen LogP contribution in [0.4, 0.5) is 15.8 Å². The Kier molecular flexibility index (Phi) is 5.63. The van der Waals surface area contributed by atoms with Gasteiger partial charge in [0.05, 0.1) is 4.92 Å². The Hall–Kier alpha value is -2.18. The van der Waals surface area contributed by atoms with E-state index in [1.54, 1.807) is 6.92 Å². The van der Waals surface area contributed by atoms with Gasteiger partial charge in [0, 0.05) is 12.1 Å². The molecular weight excluding hydrogens is 277 g/mol. The van der Waals surface area contributed by atoms with Gasteiger partial charge >= 0.3 is 0 Å². The van der Waals surface area contributed by atoms with Gasteiger partial charge in [-0.05, 0) is 31.7 Å². The van der Waals surface area contributed by atoms with Crippen molar-refractivity contribution in [3.05, 3.63) is 33.6 Å². The van der Waals surface area contributed by atoms with Gasteiger partial charge in [-0.1, -0.05) is 13.8 Å². The molecule has 7 heteroatoms. The molecule has 1 amide bonds. The Morgan fingerprint density at radius 3 is 2.52 bits per heavy atom. The van der Waals surface area contributed by atoms with Crippen molar-refractivity contribution in [1.82, 2.24) is 5.32 Å². The molecule has 116 valence electrons. The van der Waals surface area contributed by atoms with Gasteiger partial charge in [0.15, 0.2) is 0 Å². The molecule has 6 nitrogen and oxygen atoms in total. The molecule has 1 atom stereocenters. The van der Waals surface area contributed by atoms with E-state index in [0.717, 1.165) is 25.0 Å². The first kappa shape index (κ1) is 16.9. The molecule has 0 spiro atoms. The van der Waals surface area contributed by atoms with Crippen molar-refractivity contribution in [3.63, 3.8) is 0 Å². The van der Waals surface area contributed by atoms with Crippen molar-refractivity contribution >= 4 is 17.3 Å². The molecule has 0 aromatic heterocycles. The summed E-state index contributed by atoms with van der Waals surface area (Å²) in [6.07, 6.45) is 1.65. The smallest absolute Gasteiger partial charge is 0.293 e. The van der Waals surface area contributed by atoms with Crippen LogP contribution in [0, 0.1) is 21.8 Å². The van der Waals surface area contributed by atoms with Crippen LogP contribution >= 0.6 is 0 Å². The minimum absolute atomic E-state index is 0.169. The number of nitrogen functional groups attached to an aromatic ring is 1. The average molecular weight is 297 g/mol. The van der Waals surface area contributed by atoms with E-state index in [1.807, 2.05) is 0 Å². The zero-order valence-corrected chi connectivity index (χ0v) is 12.4. The van der Waals surface area contributed by atoms with Crippen LogP contribution in [0.3, 0.4) is 0 Å². The highest BCUT2D eigenvalue weighted by Gasteiger charge is 2.24. The fourth-order valence-corrected chi connectivity index (χ4v) is 1.92. The molecular formula is C14H20FN3O3. The van der Waals surface area contributed by atoms with Crippen molar-refractivity contribution in [2.75, 3.05) is 5.73 Å². The Bertz CT molecular complexity index is 547. The van der Waals surface area contributed by atoms with E-state index in [2.05, 4.69) is 19.2 Å². The number of nitro groups is 1. The number of nitrogens with zero attached hydrogens (tertiary/aromatic N) is 1. The van der Waals surface area contributed by atoms with Crippen LogP contribution in [0.15, 0.2) is 12.1 Å². The highest BCUT2D eigenvalue weighted by molar-refractivity contribution is 6.01. The molecule has 0 heterocycles. The Labute approximate surface area is 122 Å². The predicted molar refractivity (Wildman–Crippen MR) is 78.5 cm³/mol. The lowest BCUT2D eigenvalue weighted by Gasteiger charge is -2.16. The van der Waals surface area contributed by atoms with Crippen LogP contribution in [0.2, 0.25) is 0 Å². The third-order valence-electron chi connectivity index (χ3n) is 3.15. The SMILES string of the molecule is CC(C)CCC(C)NC(=O)c1c(F)ccc([N+](=O)[O-])c1N. The molecule has 0 aliphatic rings. The van der Waals surface area contributed by atoms with Gasteiger partial charge in [0.2, 0.25) is 0 Å². The summed E-state index contributed by atoms with van der Waals surface area (Å²) < 4.78 is 13.7. The predicted octanol–water partition coefficient (Wildman–Crippen LogP) is 2.87. The molecule has 0 aliphatic heterocycles. The van der Waals surface area contributed by atoms with Crippen LogP contribution in [-0.2, 0) is 0 Å². The van der Waals surface area contributed by atoms with E-state index in [1.165, 1.54) is 0 Å². The first-order chi connectivity index (χ1) is 9.73. The maximum Gasteiger partial charge on any atom is 0.293 e. The molecule has 0 bridgehead atoms. The second-order valence-corrected chi connectivity index (χ2v) is 5.46. The number of halogens is 1. The molecule has 1 aromatic rings. The summed E-state index contributed by atoms with van der Waals surface area (Å²) in [4.78, 5) is 22.1. The van der Waals surface area contributed by atoms with Gasteiger partial charge in [-0.25, -0.2) is 4.39 Å². The molecule has 0 saturated heterocycles. The molecule has 0 radical (unpaired) electrons. The number of benzene rings is 1. The molecule has 0 aliphatic carbocycles. The van der Waals surface area contributed by atoms with Gasteiger partial charge in [-0.15, -0.1) is 0 Å². The van der Waals surface area contributed by atoms with Gasteiger partial charge in [-0.3, -0.25) is 14.9 Å². The number of amides is 1. The fraction of sp³-hybridized carbons (Fsp3) is 0.500. The van der Waals surface area contributed by atoms with Crippen LogP contribution in [0.5, 0.6) is 0 Å². The first-order valence-electron chi connectivity index (χ1n) is 6.77. The third-order valence-corrected chi connectivity index (χ3v) is 3.15. The standard InChI is InChI=1S/C14H20FN3O3/c1-8(2)4-5-9(3)17-14(19)12-10(15)6-7-11(13(12)16)18(20)21/h6-9H,4-5,16H2,1-3H3,(H,17,19). The summed E-state index contributed by atoms with van der Waals surface area (Å²) in [5.74, 6) is -1.11. The lowest BCUT2D eigenvalue weighted by atomic mass is 10.0. The Balaban J connectivity index is 2.92. The fourth-order valence-electron chi connectivity index (χ4n) is 1.92. The zero-order valence-electron chi connectivity index (χ0n) is 12.4. The summed E-state index contributed by atoms with van der Waals surface area (Å²) in [7, 11) is 0.